The van der Waals surface area contributed by atoms with Crippen molar-refractivity contribution in [3.8, 4) is 0 Å². The first kappa shape index (κ1) is 10.0. The van der Waals surface area contributed by atoms with E-state index < -0.39 is 27.1 Å². The van der Waals surface area contributed by atoms with Gasteiger partial charge in [0.25, 0.3) is 0 Å². The lowest BCUT2D eigenvalue weighted by Crippen LogP contribution is -2.00. The van der Waals surface area contributed by atoms with E-state index in [1.165, 1.54) is 0 Å². The van der Waals surface area contributed by atoms with Gasteiger partial charge in [0.05, 0.1) is 15.0 Å². The molecule has 0 amide bonds. The largest absolute Gasteiger partial charge is 0.392 e. The molecule has 0 saturated carbocycles. The zero-order valence-corrected chi connectivity index (χ0v) is 7.56. The number of nitrogen functional groups attached to an aromatic ring is 1. The molecule has 0 fully saturated rings. The van der Waals surface area contributed by atoms with Gasteiger partial charge in [-0.1, -0.05) is 23.2 Å². The first-order chi connectivity index (χ1) is 5.95. The number of nitro benzene ring substituents is 1. The van der Waals surface area contributed by atoms with E-state index in [0.717, 1.165) is 6.07 Å². The molecule has 0 saturated heterocycles. The van der Waals surface area contributed by atoms with E-state index in [4.69, 9.17) is 28.9 Å². The fraction of sp³-hybridized carbons (Fsp3) is 0. The van der Waals surface area contributed by atoms with Crippen LogP contribution in [0.1, 0.15) is 0 Å². The number of halogens is 3. The summed E-state index contributed by atoms with van der Waals surface area (Å²) in [5, 5.41) is 9.75. The second-order valence-electron chi connectivity index (χ2n) is 2.17. The van der Waals surface area contributed by atoms with E-state index in [1.54, 1.807) is 0 Å². The number of anilines is 1. The van der Waals surface area contributed by atoms with Crippen LogP contribution in [0.4, 0.5) is 15.8 Å². The Balaban J connectivity index is 3.56. The van der Waals surface area contributed by atoms with Crippen LogP contribution in [-0.2, 0) is 0 Å². The fourth-order valence-electron chi connectivity index (χ4n) is 0.775. The highest BCUT2D eigenvalue weighted by molar-refractivity contribution is 6.37. The summed E-state index contributed by atoms with van der Waals surface area (Å²) in [4.78, 5) is 9.35. The van der Waals surface area contributed by atoms with Gasteiger partial charge in [0, 0.05) is 0 Å². The summed E-state index contributed by atoms with van der Waals surface area (Å²) in [6.07, 6.45) is 0. The van der Waals surface area contributed by atoms with Gasteiger partial charge in [-0.05, 0) is 6.07 Å². The minimum absolute atomic E-state index is 0.141. The average molecular weight is 225 g/mol. The van der Waals surface area contributed by atoms with Crippen LogP contribution in [-0.4, -0.2) is 4.92 Å². The van der Waals surface area contributed by atoms with Gasteiger partial charge in [-0.15, -0.1) is 0 Å². The molecule has 0 aliphatic carbocycles. The van der Waals surface area contributed by atoms with Crippen LogP contribution >= 0.6 is 23.2 Å². The number of benzene rings is 1. The minimum atomic E-state index is -1.17. The van der Waals surface area contributed by atoms with Crippen molar-refractivity contribution in [2.75, 3.05) is 5.73 Å². The molecule has 0 bridgehead atoms. The van der Waals surface area contributed by atoms with E-state index in [2.05, 4.69) is 0 Å². The van der Waals surface area contributed by atoms with Crippen LogP contribution in [0.2, 0.25) is 10.0 Å². The van der Waals surface area contributed by atoms with Gasteiger partial charge in [0.2, 0.25) is 5.82 Å². The summed E-state index contributed by atoms with van der Waals surface area (Å²) in [5.74, 6) is -1.17. The van der Waals surface area contributed by atoms with Crippen LogP contribution in [0.3, 0.4) is 0 Å². The van der Waals surface area contributed by atoms with Crippen LogP contribution in [0.25, 0.3) is 0 Å². The number of nitrogens with two attached hydrogens (primary N) is 1. The molecular formula is C6H3Cl2FN2O2. The summed E-state index contributed by atoms with van der Waals surface area (Å²) in [6, 6.07) is 1.01. The van der Waals surface area contributed by atoms with Crippen molar-refractivity contribution in [3.05, 3.63) is 32.0 Å². The molecule has 0 atom stereocenters. The van der Waals surface area contributed by atoms with Gasteiger partial charge in [-0.25, -0.2) is 0 Å². The van der Waals surface area contributed by atoms with Gasteiger partial charge in [-0.2, -0.15) is 4.39 Å². The van der Waals surface area contributed by atoms with Crippen LogP contribution in [0.5, 0.6) is 0 Å². The molecule has 0 unspecified atom stereocenters. The first-order valence-electron chi connectivity index (χ1n) is 3.02. The molecule has 1 rings (SSSR count). The highest BCUT2D eigenvalue weighted by Crippen LogP contribution is 2.36. The molecule has 0 radical (unpaired) electrons. The maximum Gasteiger partial charge on any atom is 0.330 e. The number of nitro groups is 1. The second kappa shape index (κ2) is 3.35. The Hall–Kier alpha value is -1.07. The average Bonchev–Trinajstić information content (AvgIpc) is 2.01. The topological polar surface area (TPSA) is 69.2 Å². The molecule has 7 heteroatoms. The van der Waals surface area contributed by atoms with Gasteiger partial charge in [-0.3, -0.25) is 10.1 Å². The minimum Gasteiger partial charge on any atom is -0.392 e. The summed E-state index contributed by atoms with van der Waals surface area (Å²) < 4.78 is 13.0. The molecule has 0 aromatic heterocycles. The molecule has 0 aliphatic rings. The molecule has 0 spiro atoms. The molecule has 2 N–H and O–H groups in total. The van der Waals surface area contributed by atoms with Gasteiger partial charge >= 0.3 is 5.69 Å². The lowest BCUT2D eigenvalue weighted by atomic mass is 10.2. The Labute approximate surface area is 82.2 Å². The van der Waals surface area contributed by atoms with E-state index in [0.29, 0.717) is 0 Å². The lowest BCUT2D eigenvalue weighted by Gasteiger charge is -2.01. The van der Waals surface area contributed by atoms with Crippen molar-refractivity contribution in [1.29, 1.82) is 0 Å². The predicted molar refractivity (Wildman–Crippen MR) is 47.5 cm³/mol. The normalized spacial score (nSPS) is 10.1. The molecule has 1 aromatic carbocycles. The lowest BCUT2D eigenvalue weighted by molar-refractivity contribution is -0.386. The Morgan fingerprint density at radius 2 is 2.00 bits per heavy atom. The maximum absolute atomic E-state index is 13.0. The van der Waals surface area contributed by atoms with Crippen molar-refractivity contribution in [2.45, 2.75) is 0 Å². The second-order valence-corrected chi connectivity index (χ2v) is 2.99. The smallest absolute Gasteiger partial charge is 0.330 e. The Bertz CT molecular complexity index is 357. The SMILES string of the molecule is Nc1c(Cl)cc(Cl)c(F)c1[N+](=O)[O-]. The van der Waals surface area contributed by atoms with Crippen molar-refractivity contribution in [2.24, 2.45) is 0 Å². The predicted octanol–water partition coefficient (Wildman–Crippen LogP) is 2.62. The van der Waals surface area contributed by atoms with Crippen molar-refractivity contribution in [1.82, 2.24) is 0 Å². The Kier molecular flexibility index (Phi) is 2.58. The standard InChI is InChI=1S/C6H3Cl2FN2O2/c7-2-1-3(8)5(10)6(4(2)9)11(12)13/h1H,10H2. The summed E-state index contributed by atoms with van der Waals surface area (Å²) >= 11 is 10.8. The molecule has 1 aromatic rings. The van der Waals surface area contributed by atoms with Gasteiger partial charge < -0.3 is 5.73 Å². The van der Waals surface area contributed by atoms with Gasteiger partial charge in [0.1, 0.15) is 5.69 Å². The van der Waals surface area contributed by atoms with E-state index in [1.807, 2.05) is 0 Å². The van der Waals surface area contributed by atoms with E-state index in [-0.39, 0.29) is 5.02 Å². The summed E-state index contributed by atoms with van der Waals surface area (Å²) in [5.41, 5.74) is 3.87. The van der Waals surface area contributed by atoms with E-state index in [9.17, 15) is 14.5 Å². The third-order valence-electron chi connectivity index (χ3n) is 1.37. The molecule has 70 valence electrons. The molecule has 0 aliphatic heterocycles. The number of hydrogen-bond acceptors (Lipinski definition) is 3. The zero-order valence-electron chi connectivity index (χ0n) is 6.05. The highest BCUT2D eigenvalue weighted by atomic mass is 35.5. The Morgan fingerprint density at radius 1 is 1.46 bits per heavy atom. The third kappa shape index (κ3) is 1.66. The monoisotopic (exact) mass is 224 g/mol. The van der Waals surface area contributed by atoms with Crippen molar-refractivity contribution < 1.29 is 9.31 Å². The van der Waals surface area contributed by atoms with E-state index >= 15 is 0 Å². The Morgan fingerprint density at radius 3 is 2.46 bits per heavy atom. The summed E-state index contributed by atoms with van der Waals surface area (Å²) in [6.45, 7) is 0. The maximum atomic E-state index is 13.0. The molecule has 0 heterocycles. The first-order valence-corrected chi connectivity index (χ1v) is 3.78. The van der Waals surface area contributed by atoms with Gasteiger partial charge in [0.15, 0.2) is 0 Å². The molecule has 13 heavy (non-hydrogen) atoms. The van der Waals surface area contributed by atoms with Crippen LogP contribution in [0, 0.1) is 15.9 Å². The fourth-order valence-corrected chi connectivity index (χ4v) is 1.23. The molecular weight excluding hydrogens is 222 g/mol. The third-order valence-corrected chi connectivity index (χ3v) is 1.95. The number of nitrogens with zero attached hydrogens (tertiary/aromatic N) is 1. The zero-order chi connectivity index (χ0) is 10.2. The quantitative estimate of drug-likeness (QED) is 0.345. The molecule has 4 nitrogen and oxygen atoms in total. The van der Waals surface area contributed by atoms with Crippen LogP contribution in [0.15, 0.2) is 6.07 Å². The van der Waals surface area contributed by atoms with Crippen molar-refractivity contribution in [3.63, 3.8) is 0 Å². The summed E-state index contributed by atoms with van der Waals surface area (Å²) in [7, 11) is 0. The number of rotatable bonds is 1. The van der Waals surface area contributed by atoms with Crippen molar-refractivity contribution >= 4 is 34.6 Å². The number of hydrogen-bond donors (Lipinski definition) is 1. The highest BCUT2D eigenvalue weighted by Gasteiger charge is 2.24. The van der Waals surface area contributed by atoms with Crippen LogP contribution < -0.4 is 5.73 Å².